The summed E-state index contributed by atoms with van der Waals surface area (Å²) in [4.78, 5) is 28.2. The van der Waals surface area contributed by atoms with E-state index in [0.29, 0.717) is 18.1 Å². The molecule has 1 unspecified atom stereocenters. The Hall–Kier alpha value is -3.02. The standard InChI is InChI=1S/C21H21N5O/c22-20-24-12-16-6-8-21(18(16)25-20)7-2-10-26(13-21)19(27)15-4-5-17-14(11-15)3-1-9-23-17/h1,3-5,9,11-12H,2,6-8,10,13H2,(H2,22,24,25). The molecule has 1 spiro atoms. The van der Waals surface area contributed by atoms with Crippen LogP contribution in [0.25, 0.3) is 10.9 Å². The molecule has 1 aromatic carbocycles. The monoisotopic (exact) mass is 359 g/mol. The number of likely N-dealkylation sites (tertiary alicyclic amines) is 1. The molecule has 6 heteroatoms. The van der Waals surface area contributed by atoms with Gasteiger partial charge in [0.05, 0.1) is 11.2 Å². The first-order valence-corrected chi connectivity index (χ1v) is 9.41. The summed E-state index contributed by atoms with van der Waals surface area (Å²) in [6.45, 7) is 1.47. The highest BCUT2D eigenvalue weighted by Crippen LogP contribution is 2.44. The van der Waals surface area contributed by atoms with E-state index in [1.54, 1.807) is 6.20 Å². The molecule has 1 aliphatic heterocycles. The largest absolute Gasteiger partial charge is 0.368 e. The number of carbonyl (C=O) groups excluding carboxylic acids is 1. The third kappa shape index (κ3) is 2.63. The van der Waals surface area contributed by atoms with Gasteiger partial charge in [-0.25, -0.2) is 9.97 Å². The van der Waals surface area contributed by atoms with Crippen LogP contribution in [0.5, 0.6) is 0 Å². The summed E-state index contributed by atoms with van der Waals surface area (Å²) in [7, 11) is 0. The molecule has 2 N–H and O–H groups in total. The zero-order chi connectivity index (χ0) is 18.4. The van der Waals surface area contributed by atoms with Crippen molar-refractivity contribution in [3.05, 3.63) is 59.5 Å². The van der Waals surface area contributed by atoms with Crippen LogP contribution in [0.2, 0.25) is 0 Å². The minimum absolute atomic E-state index is 0.0790. The highest BCUT2D eigenvalue weighted by Gasteiger charge is 2.44. The fraction of sp³-hybridized carbons (Fsp3) is 0.333. The smallest absolute Gasteiger partial charge is 0.253 e. The molecule has 1 saturated heterocycles. The van der Waals surface area contributed by atoms with E-state index in [0.717, 1.165) is 48.8 Å². The second-order valence-corrected chi connectivity index (χ2v) is 7.62. The van der Waals surface area contributed by atoms with E-state index in [4.69, 9.17) is 5.73 Å². The van der Waals surface area contributed by atoms with Crippen LogP contribution in [0.4, 0.5) is 5.95 Å². The van der Waals surface area contributed by atoms with Gasteiger partial charge in [0, 0.05) is 41.8 Å². The lowest BCUT2D eigenvalue weighted by Gasteiger charge is -2.40. The Balaban J connectivity index is 1.46. The second-order valence-electron chi connectivity index (χ2n) is 7.62. The van der Waals surface area contributed by atoms with E-state index in [1.807, 2.05) is 41.4 Å². The number of aryl methyl sites for hydroxylation is 1. The first-order chi connectivity index (χ1) is 13.1. The highest BCUT2D eigenvalue weighted by atomic mass is 16.2. The number of nitrogens with zero attached hydrogens (tertiary/aromatic N) is 4. The third-order valence-electron chi connectivity index (χ3n) is 5.97. The predicted molar refractivity (Wildman–Crippen MR) is 103 cm³/mol. The van der Waals surface area contributed by atoms with Crippen LogP contribution in [0.3, 0.4) is 0 Å². The topological polar surface area (TPSA) is 85.0 Å². The summed E-state index contributed by atoms with van der Waals surface area (Å²) >= 11 is 0. The molecule has 6 nitrogen and oxygen atoms in total. The Kier molecular flexibility index (Phi) is 3.60. The molecule has 1 aliphatic carbocycles. The van der Waals surface area contributed by atoms with Crippen molar-refractivity contribution in [3.8, 4) is 0 Å². The number of piperidine rings is 1. The lowest BCUT2D eigenvalue weighted by atomic mass is 9.77. The predicted octanol–water partition coefficient (Wildman–Crippen LogP) is 2.73. The summed E-state index contributed by atoms with van der Waals surface area (Å²) in [5, 5.41) is 0.988. The van der Waals surface area contributed by atoms with E-state index in [2.05, 4.69) is 15.0 Å². The molecule has 3 aromatic rings. The van der Waals surface area contributed by atoms with Crippen LogP contribution in [-0.2, 0) is 11.8 Å². The van der Waals surface area contributed by atoms with E-state index in [1.165, 1.54) is 5.56 Å². The number of carbonyl (C=O) groups is 1. The Labute approximate surface area is 157 Å². The normalized spacial score (nSPS) is 21.6. The van der Waals surface area contributed by atoms with E-state index in [-0.39, 0.29) is 11.3 Å². The molecule has 1 amide bonds. The minimum atomic E-state index is -0.0846. The minimum Gasteiger partial charge on any atom is -0.368 e. The van der Waals surface area contributed by atoms with Gasteiger partial charge in [0.25, 0.3) is 5.91 Å². The van der Waals surface area contributed by atoms with Crippen LogP contribution in [0, 0.1) is 0 Å². The fourth-order valence-corrected chi connectivity index (χ4v) is 4.65. The summed E-state index contributed by atoms with van der Waals surface area (Å²) in [5.74, 6) is 0.399. The maximum Gasteiger partial charge on any atom is 0.253 e. The maximum absolute atomic E-state index is 13.2. The molecule has 2 aliphatic rings. The molecule has 5 rings (SSSR count). The first kappa shape index (κ1) is 16.2. The Bertz CT molecular complexity index is 1050. The van der Waals surface area contributed by atoms with Crippen LogP contribution < -0.4 is 5.73 Å². The molecule has 0 bridgehead atoms. The number of hydrogen-bond acceptors (Lipinski definition) is 5. The summed E-state index contributed by atoms with van der Waals surface area (Å²) in [6.07, 6.45) is 7.60. The Morgan fingerprint density at radius 3 is 3.04 bits per heavy atom. The van der Waals surface area contributed by atoms with Crippen molar-refractivity contribution < 1.29 is 4.79 Å². The van der Waals surface area contributed by atoms with Crippen molar-refractivity contribution in [1.82, 2.24) is 19.9 Å². The molecule has 0 radical (unpaired) electrons. The highest BCUT2D eigenvalue weighted by molar-refractivity contribution is 5.98. The Morgan fingerprint density at radius 2 is 2.11 bits per heavy atom. The summed E-state index contributed by atoms with van der Waals surface area (Å²) in [5.41, 5.74) is 9.61. The zero-order valence-corrected chi connectivity index (χ0v) is 15.1. The zero-order valence-electron chi connectivity index (χ0n) is 15.1. The number of pyridine rings is 1. The number of aromatic nitrogens is 3. The lowest BCUT2D eigenvalue weighted by Crippen LogP contribution is -2.48. The van der Waals surface area contributed by atoms with Gasteiger partial charge in [-0.05, 0) is 55.5 Å². The number of benzene rings is 1. The number of amides is 1. The fourth-order valence-electron chi connectivity index (χ4n) is 4.65. The molecule has 1 atom stereocenters. The van der Waals surface area contributed by atoms with Crippen LogP contribution >= 0.6 is 0 Å². The molecular weight excluding hydrogens is 338 g/mol. The molecule has 1 fully saturated rings. The molecule has 3 heterocycles. The van der Waals surface area contributed by atoms with E-state index < -0.39 is 0 Å². The molecule has 136 valence electrons. The number of rotatable bonds is 1. The van der Waals surface area contributed by atoms with Crippen molar-refractivity contribution in [2.75, 3.05) is 18.8 Å². The van der Waals surface area contributed by atoms with Gasteiger partial charge in [-0.2, -0.15) is 0 Å². The molecule has 27 heavy (non-hydrogen) atoms. The van der Waals surface area contributed by atoms with Gasteiger partial charge in [0.2, 0.25) is 5.95 Å². The van der Waals surface area contributed by atoms with Gasteiger partial charge in [-0.15, -0.1) is 0 Å². The molecular formula is C21H21N5O. The van der Waals surface area contributed by atoms with Crippen molar-refractivity contribution in [1.29, 1.82) is 0 Å². The van der Waals surface area contributed by atoms with Gasteiger partial charge in [0.15, 0.2) is 0 Å². The number of hydrogen-bond donors (Lipinski definition) is 1. The quantitative estimate of drug-likeness (QED) is 0.722. The van der Waals surface area contributed by atoms with Crippen LogP contribution in [0.15, 0.2) is 42.7 Å². The molecule has 0 saturated carbocycles. The number of anilines is 1. The van der Waals surface area contributed by atoms with Gasteiger partial charge in [-0.1, -0.05) is 6.07 Å². The van der Waals surface area contributed by atoms with Crippen LogP contribution in [0.1, 0.15) is 40.9 Å². The van der Waals surface area contributed by atoms with Crippen LogP contribution in [-0.4, -0.2) is 38.8 Å². The van der Waals surface area contributed by atoms with Crippen molar-refractivity contribution in [3.63, 3.8) is 0 Å². The first-order valence-electron chi connectivity index (χ1n) is 9.41. The SMILES string of the molecule is Nc1ncc2c(n1)C1(CCCN(C(=O)c3ccc4ncccc4c3)C1)CC2. The average molecular weight is 359 g/mol. The van der Waals surface area contributed by atoms with E-state index >= 15 is 0 Å². The second kappa shape index (κ2) is 6.01. The van der Waals surface area contributed by atoms with Crippen molar-refractivity contribution in [2.24, 2.45) is 0 Å². The summed E-state index contributed by atoms with van der Waals surface area (Å²) in [6, 6.07) is 9.62. The lowest BCUT2D eigenvalue weighted by molar-refractivity contribution is 0.0633. The average Bonchev–Trinajstić information content (AvgIpc) is 3.04. The maximum atomic E-state index is 13.2. The number of fused-ring (bicyclic) bond motifs is 3. The molecule has 2 aromatic heterocycles. The van der Waals surface area contributed by atoms with Gasteiger partial charge in [-0.3, -0.25) is 9.78 Å². The van der Waals surface area contributed by atoms with Gasteiger partial charge < -0.3 is 10.6 Å². The summed E-state index contributed by atoms with van der Waals surface area (Å²) < 4.78 is 0. The Morgan fingerprint density at radius 1 is 1.19 bits per heavy atom. The van der Waals surface area contributed by atoms with Gasteiger partial charge >= 0.3 is 0 Å². The van der Waals surface area contributed by atoms with E-state index in [9.17, 15) is 4.79 Å². The number of nitrogen functional groups attached to an aromatic ring is 1. The third-order valence-corrected chi connectivity index (χ3v) is 5.97. The van der Waals surface area contributed by atoms with Gasteiger partial charge in [0.1, 0.15) is 0 Å². The van der Waals surface area contributed by atoms with Crippen molar-refractivity contribution in [2.45, 2.75) is 31.1 Å². The number of nitrogens with two attached hydrogens (primary N) is 1. The van der Waals surface area contributed by atoms with Crippen molar-refractivity contribution >= 4 is 22.8 Å².